The summed E-state index contributed by atoms with van der Waals surface area (Å²) >= 11 is 0. The summed E-state index contributed by atoms with van der Waals surface area (Å²) in [5, 5.41) is 2.70. The van der Waals surface area contributed by atoms with Crippen LogP contribution in [0.4, 0.5) is 0 Å². The molecule has 0 aromatic heterocycles. The molecule has 3 N–H and O–H groups in total. The van der Waals surface area contributed by atoms with Crippen LogP contribution in [0.3, 0.4) is 0 Å². The Balaban J connectivity index is 1.93. The SMILES string of the molecule is CNC(=O)[C@@H](Cc1ccccc1)N(C)C(=O)[C@@H](Cc1ccc(-c2ccccc2)cc1)N(C)C(=O)/C=C(\C)CC(C)(C)N. The van der Waals surface area contributed by atoms with Gasteiger partial charge in [-0.15, -0.1) is 0 Å². The number of amides is 3. The van der Waals surface area contributed by atoms with Crippen LogP contribution in [0, 0.1) is 0 Å². The molecule has 0 heterocycles. The Labute approximate surface area is 250 Å². The van der Waals surface area contributed by atoms with Crippen LogP contribution in [0.5, 0.6) is 0 Å². The maximum atomic E-state index is 14.2. The monoisotopic (exact) mass is 568 g/mol. The number of nitrogens with zero attached hydrogens (tertiary/aromatic N) is 2. The molecule has 0 radical (unpaired) electrons. The second kappa shape index (κ2) is 14.6. The van der Waals surface area contributed by atoms with Gasteiger partial charge in [0, 0.05) is 45.6 Å². The Hall–Kier alpha value is -4.23. The van der Waals surface area contributed by atoms with Crippen molar-refractivity contribution >= 4 is 17.7 Å². The maximum Gasteiger partial charge on any atom is 0.246 e. The molecule has 7 nitrogen and oxygen atoms in total. The Bertz CT molecular complexity index is 1360. The minimum absolute atomic E-state index is 0.268. The van der Waals surface area contributed by atoms with Crippen LogP contribution in [0.15, 0.2) is 96.6 Å². The molecule has 3 aromatic rings. The van der Waals surface area contributed by atoms with E-state index >= 15 is 0 Å². The van der Waals surface area contributed by atoms with Crippen LogP contribution in [0.25, 0.3) is 11.1 Å². The molecule has 3 aromatic carbocycles. The molecule has 0 aliphatic rings. The quantitative estimate of drug-likeness (QED) is 0.312. The number of hydrogen-bond acceptors (Lipinski definition) is 4. The minimum atomic E-state index is -0.831. The topological polar surface area (TPSA) is 95.7 Å². The molecule has 0 fully saturated rings. The Morgan fingerprint density at radius 2 is 1.29 bits per heavy atom. The number of nitrogens with one attached hydrogen (secondary N) is 1. The van der Waals surface area contributed by atoms with Gasteiger partial charge in [0.25, 0.3) is 0 Å². The number of hydrogen-bond donors (Lipinski definition) is 2. The molecular weight excluding hydrogens is 524 g/mol. The van der Waals surface area contributed by atoms with Gasteiger partial charge in [-0.2, -0.15) is 0 Å². The zero-order valence-electron chi connectivity index (χ0n) is 25.6. The number of carbonyl (C=O) groups is 3. The van der Waals surface area contributed by atoms with Gasteiger partial charge >= 0.3 is 0 Å². The zero-order chi connectivity index (χ0) is 30.9. The largest absolute Gasteiger partial charge is 0.357 e. The van der Waals surface area contributed by atoms with Crippen molar-refractivity contribution in [3.05, 3.63) is 108 Å². The van der Waals surface area contributed by atoms with E-state index < -0.39 is 17.6 Å². The van der Waals surface area contributed by atoms with Gasteiger partial charge in [-0.3, -0.25) is 14.4 Å². The maximum absolute atomic E-state index is 14.2. The van der Waals surface area contributed by atoms with E-state index in [0.29, 0.717) is 19.3 Å². The summed E-state index contributed by atoms with van der Waals surface area (Å²) in [5.74, 6) is -0.868. The Morgan fingerprint density at radius 1 is 0.786 bits per heavy atom. The number of rotatable bonds is 12. The van der Waals surface area contributed by atoms with Crippen LogP contribution < -0.4 is 11.1 Å². The molecule has 0 saturated heterocycles. The zero-order valence-corrected chi connectivity index (χ0v) is 25.6. The Kier molecular flexibility index (Phi) is 11.2. The number of nitrogens with two attached hydrogens (primary N) is 1. The molecular formula is C35H44N4O3. The third kappa shape index (κ3) is 9.14. The van der Waals surface area contributed by atoms with Crippen LogP contribution in [-0.4, -0.2) is 66.3 Å². The van der Waals surface area contributed by atoms with Gasteiger partial charge in [-0.05, 0) is 49.4 Å². The highest BCUT2D eigenvalue weighted by Crippen LogP contribution is 2.22. The lowest BCUT2D eigenvalue weighted by Crippen LogP contribution is -2.55. The van der Waals surface area contributed by atoms with Gasteiger partial charge in [0.1, 0.15) is 12.1 Å². The molecule has 0 saturated carbocycles. The van der Waals surface area contributed by atoms with Gasteiger partial charge in [0.15, 0.2) is 0 Å². The van der Waals surface area contributed by atoms with E-state index in [1.54, 1.807) is 27.2 Å². The molecule has 0 aliphatic carbocycles. The smallest absolute Gasteiger partial charge is 0.246 e. The predicted octanol–water partition coefficient (Wildman–Crippen LogP) is 4.61. The molecule has 3 amide bonds. The second-order valence-corrected chi connectivity index (χ2v) is 11.7. The van der Waals surface area contributed by atoms with Crippen molar-refractivity contribution < 1.29 is 14.4 Å². The summed E-state index contributed by atoms with van der Waals surface area (Å²) in [5.41, 5.74) is 10.5. The normalized spacial score (nSPS) is 13.2. The highest BCUT2D eigenvalue weighted by molar-refractivity contribution is 5.95. The van der Waals surface area contributed by atoms with Crippen molar-refractivity contribution in [2.24, 2.45) is 5.73 Å². The molecule has 7 heteroatoms. The average Bonchev–Trinajstić information content (AvgIpc) is 2.97. The summed E-state index contributed by atoms with van der Waals surface area (Å²) in [6.45, 7) is 5.68. The van der Waals surface area contributed by atoms with Crippen LogP contribution in [-0.2, 0) is 27.2 Å². The highest BCUT2D eigenvalue weighted by Gasteiger charge is 2.34. The van der Waals surface area contributed by atoms with Gasteiger partial charge in [0.05, 0.1) is 0 Å². The van der Waals surface area contributed by atoms with Gasteiger partial charge < -0.3 is 20.9 Å². The van der Waals surface area contributed by atoms with Crippen LogP contribution in [0.1, 0.15) is 38.3 Å². The first kappa shape index (κ1) is 32.3. The molecule has 0 aliphatic heterocycles. The van der Waals surface area contributed by atoms with Crippen molar-refractivity contribution in [1.82, 2.24) is 15.1 Å². The van der Waals surface area contributed by atoms with Crippen molar-refractivity contribution in [2.75, 3.05) is 21.1 Å². The second-order valence-electron chi connectivity index (χ2n) is 11.7. The lowest BCUT2D eigenvalue weighted by molar-refractivity contribution is -0.146. The fourth-order valence-electron chi connectivity index (χ4n) is 5.11. The minimum Gasteiger partial charge on any atom is -0.357 e. The van der Waals surface area contributed by atoms with E-state index in [0.717, 1.165) is 27.8 Å². The van der Waals surface area contributed by atoms with Gasteiger partial charge in [0.2, 0.25) is 17.7 Å². The molecule has 3 rings (SSSR count). The standard InChI is InChI=1S/C35H44N4O3/c1-25(24-35(2,3)36)21-32(40)38(5)31(23-27-17-19-29(20-18-27)28-15-11-8-12-16-28)34(42)39(6)30(33(41)37-4)22-26-13-9-7-10-14-26/h7-21,30-31H,22-24,36H2,1-6H3,(H,37,41)/b25-21+/t30-,31-/m1/s1. The first-order valence-corrected chi connectivity index (χ1v) is 14.3. The van der Waals surface area contributed by atoms with E-state index in [4.69, 9.17) is 5.73 Å². The van der Waals surface area contributed by atoms with E-state index in [1.165, 1.54) is 9.80 Å². The third-order valence-corrected chi connectivity index (χ3v) is 7.33. The van der Waals surface area contributed by atoms with Gasteiger partial charge in [-0.25, -0.2) is 0 Å². The van der Waals surface area contributed by atoms with Crippen molar-refractivity contribution in [2.45, 2.75) is 57.7 Å². The van der Waals surface area contributed by atoms with Crippen LogP contribution >= 0.6 is 0 Å². The van der Waals surface area contributed by atoms with E-state index in [-0.39, 0.29) is 17.7 Å². The molecule has 42 heavy (non-hydrogen) atoms. The highest BCUT2D eigenvalue weighted by atomic mass is 16.2. The molecule has 222 valence electrons. The molecule has 0 spiro atoms. The summed E-state index contributed by atoms with van der Waals surface area (Å²) in [4.78, 5) is 43.5. The lowest BCUT2D eigenvalue weighted by Gasteiger charge is -2.34. The Morgan fingerprint density at radius 3 is 1.83 bits per heavy atom. The van der Waals surface area contributed by atoms with Crippen molar-refractivity contribution in [3.8, 4) is 11.1 Å². The van der Waals surface area contributed by atoms with E-state index in [1.807, 2.05) is 106 Å². The van der Waals surface area contributed by atoms with Gasteiger partial charge in [-0.1, -0.05) is 90.5 Å². The number of benzene rings is 3. The number of carbonyl (C=O) groups excluding carboxylic acids is 3. The summed E-state index contributed by atoms with van der Waals surface area (Å²) in [6.07, 6.45) is 2.74. The first-order chi connectivity index (χ1) is 19.9. The van der Waals surface area contributed by atoms with Crippen LogP contribution in [0.2, 0.25) is 0 Å². The fourth-order valence-corrected chi connectivity index (χ4v) is 5.11. The lowest BCUT2D eigenvalue weighted by atomic mass is 9.96. The number of likely N-dealkylation sites (N-methyl/N-ethyl adjacent to an activating group) is 3. The fraction of sp³-hybridized carbons (Fsp3) is 0.343. The predicted molar refractivity (Wildman–Crippen MR) is 170 cm³/mol. The third-order valence-electron chi connectivity index (χ3n) is 7.33. The summed E-state index contributed by atoms with van der Waals surface area (Å²) in [6, 6.07) is 26.1. The van der Waals surface area contributed by atoms with Crippen molar-refractivity contribution in [1.29, 1.82) is 0 Å². The molecule has 0 bridgehead atoms. The van der Waals surface area contributed by atoms with Crippen molar-refractivity contribution in [3.63, 3.8) is 0 Å². The first-order valence-electron chi connectivity index (χ1n) is 14.3. The molecule has 0 unspecified atom stereocenters. The van der Waals surface area contributed by atoms with E-state index in [9.17, 15) is 14.4 Å². The summed E-state index contributed by atoms with van der Waals surface area (Å²) in [7, 11) is 4.83. The molecule has 2 atom stereocenters. The van der Waals surface area contributed by atoms with E-state index in [2.05, 4.69) is 5.32 Å². The summed E-state index contributed by atoms with van der Waals surface area (Å²) < 4.78 is 0. The average molecular weight is 569 g/mol.